The highest BCUT2D eigenvalue weighted by Gasteiger charge is 2.50. The van der Waals surface area contributed by atoms with Crippen LogP contribution in [-0.4, -0.2) is 29.5 Å². The summed E-state index contributed by atoms with van der Waals surface area (Å²) in [5, 5.41) is 20.2. The van der Waals surface area contributed by atoms with E-state index < -0.39 is 6.10 Å². The van der Waals surface area contributed by atoms with E-state index in [0.717, 1.165) is 43.5 Å². The van der Waals surface area contributed by atoms with Crippen molar-refractivity contribution in [3.05, 3.63) is 23.0 Å². The van der Waals surface area contributed by atoms with E-state index in [-0.39, 0.29) is 5.76 Å². The Bertz CT molecular complexity index is 521. The van der Waals surface area contributed by atoms with Crippen molar-refractivity contribution >= 4 is 0 Å². The minimum absolute atomic E-state index is 0.258. The summed E-state index contributed by atoms with van der Waals surface area (Å²) in [7, 11) is 0. The van der Waals surface area contributed by atoms with Gasteiger partial charge in [0.1, 0.15) is 11.9 Å². The van der Waals surface area contributed by atoms with E-state index in [1.165, 1.54) is 31.3 Å². The Morgan fingerprint density at radius 1 is 1.27 bits per heavy atom. The van der Waals surface area contributed by atoms with Gasteiger partial charge < -0.3 is 14.9 Å². The highest BCUT2D eigenvalue weighted by molar-refractivity contribution is 5.42. The molecular weight excluding hydrogens is 276 g/mol. The average molecular weight is 304 g/mol. The number of ether oxygens (including phenoxy) is 1. The predicted molar refractivity (Wildman–Crippen MR) is 85.5 cm³/mol. The number of rotatable bonds is 0. The molecule has 1 aliphatic heterocycles. The fraction of sp³-hybridized carbons (Fsp3) is 0.789. The second-order valence-electron chi connectivity index (χ2n) is 8.08. The number of hydrogen-bond donors (Lipinski definition) is 2. The molecule has 0 bridgehead atoms. The first-order chi connectivity index (χ1) is 10.6. The topological polar surface area (TPSA) is 49.7 Å². The van der Waals surface area contributed by atoms with Crippen LogP contribution in [0.15, 0.2) is 23.0 Å². The Balaban J connectivity index is 1.66. The molecule has 0 spiro atoms. The minimum Gasteiger partial charge on any atom is -0.509 e. The number of fused-ring (bicyclic) bond motifs is 5. The summed E-state index contributed by atoms with van der Waals surface area (Å²) >= 11 is 0. The molecule has 4 rings (SSSR count). The van der Waals surface area contributed by atoms with Gasteiger partial charge in [-0.1, -0.05) is 13.0 Å². The minimum atomic E-state index is -0.671. The van der Waals surface area contributed by atoms with Gasteiger partial charge in [0.05, 0.1) is 6.61 Å². The second-order valence-corrected chi connectivity index (χ2v) is 8.08. The van der Waals surface area contributed by atoms with Gasteiger partial charge in [0, 0.05) is 6.61 Å². The third-order valence-electron chi connectivity index (χ3n) is 6.85. The van der Waals surface area contributed by atoms with Gasteiger partial charge in [-0.05, 0) is 79.3 Å². The maximum atomic E-state index is 10.3. The fourth-order valence-corrected chi connectivity index (χ4v) is 5.70. The fourth-order valence-electron chi connectivity index (χ4n) is 5.70. The van der Waals surface area contributed by atoms with Crippen LogP contribution >= 0.6 is 0 Å². The van der Waals surface area contributed by atoms with E-state index in [4.69, 9.17) is 4.74 Å². The van der Waals surface area contributed by atoms with Crippen LogP contribution in [-0.2, 0) is 4.74 Å². The standard InChI is InChI=1S/C19H28O3/c1-19-9-8-13-12-6-7-17(20)18(21)15(12)5-4-14(13)16(19)3-2-10-22-11-19/h6,13-14,16-17,20-21H,2-5,7-11H2,1H3. The van der Waals surface area contributed by atoms with Crippen LogP contribution in [0.4, 0.5) is 0 Å². The molecule has 3 heteroatoms. The summed E-state index contributed by atoms with van der Waals surface area (Å²) in [6, 6.07) is 0. The van der Waals surface area contributed by atoms with Crippen molar-refractivity contribution in [2.24, 2.45) is 23.2 Å². The first kappa shape index (κ1) is 14.8. The SMILES string of the molecule is CC12CCC3C4=CCC(O)C(O)=C4CCC3C1CCCOC2. The molecule has 0 aromatic heterocycles. The summed E-state index contributed by atoms with van der Waals surface area (Å²) in [5.41, 5.74) is 2.77. The van der Waals surface area contributed by atoms with E-state index in [1.54, 1.807) is 0 Å². The molecule has 3 nitrogen and oxygen atoms in total. The summed E-state index contributed by atoms with van der Waals surface area (Å²) < 4.78 is 5.89. The molecule has 1 saturated heterocycles. The molecular formula is C19H28O3. The van der Waals surface area contributed by atoms with Crippen molar-refractivity contribution in [2.75, 3.05) is 13.2 Å². The Morgan fingerprint density at radius 2 is 2.14 bits per heavy atom. The number of aliphatic hydroxyl groups is 2. The van der Waals surface area contributed by atoms with E-state index in [9.17, 15) is 10.2 Å². The average Bonchev–Trinajstić information content (AvgIpc) is 2.72. The van der Waals surface area contributed by atoms with Crippen LogP contribution in [0.5, 0.6) is 0 Å². The number of aliphatic hydroxyl groups excluding tert-OH is 2. The van der Waals surface area contributed by atoms with Crippen molar-refractivity contribution in [3.8, 4) is 0 Å². The molecule has 4 aliphatic rings. The molecule has 5 unspecified atom stereocenters. The zero-order chi connectivity index (χ0) is 15.3. The lowest BCUT2D eigenvalue weighted by molar-refractivity contribution is -0.0288. The zero-order valence-corrected chi connectivity index (χ0v) is 13.6. The smallest absolute Gasteiger partial charge is 0.124 e. The Morgan fingerprint density at radius 3 is 3.00 bits per heavy atom. The molecule has 22 heavy (non-hydrogen) atoms. The number of hydrogen-bond acceptors (Lipinski definition) is 3. The molecule has 122 valence electrons. The molecule has 3 aliphatic carbocycles. The first-order valence-electron chi connectivity index (χ1n) is 8.98. The van der Waals surface area contributed by atoms with Gasteiger partial charge in [-0.25, -0.2) is 0 Å². The van der Waals surface area contributed by atoms with Crippen LogP contribution in [0.1, 0.15) is 51.9 Å². The van der Waals surface area contributed by atoms with Gasteiger partial charge in [-0.3, -0.25) is 0 Å². The summed E-state index contributed by atoms with van der Waals surface area (Å²) in [4.78, 5) is 0. The Labute approximate surface area is 133 Å². The van der Waals surface area contributed by atoms with Gasteiger partial charge >= 0.3 is 0 Å². The van der Waals surface area contributed by atoms with Crippen LogP contribution < -0.4 is 0 Å². The molecule has 2 N–H and O–H groups in total. The second kappa shape index (κ2) is 5.38. The Hall–Kier alpha value is -0.800. The normalized spacial score (nSPS) is 45.3. The largest absolute Gasteiger partial charge is 0.509 e. The predicted octanol–water partition coefficient (Wildman–Crippen LogP) is 3.74. The lowest BCUT2D eigenvalue weighted by atomic mass is 9.53. The quantitative estimate of drug-likeness (QED) is 0.716. The number of allylic oxidation sites excluding steroid dienone is 2. The highest BCUT2D eigenvalue weighted by Crippen LogP contribution is 2.57. The maximum absolute atomic E-state index is 10.3. The molecule has 0 aromatic rings. The molecule has 0 radical (unpaired) electrons. The van der Waals surface area contributed by atoms with Crippen LogP contribution in [0.25, 0.3) is 0 Å². The lowest BCUT2D eigenvalue weighted by Gasteiger charge is -2.52. The molecule has 3 fully saturated rings. The maximum Gasteiger partial charge on any atom is 0.124 e. The molecule has 1 heterocycles. The molecule has 0 amide bonds. The van der Waals surface area contributed by atoms with Crippen molar-refractivity contribution in [1.29, 1.82) is 0 Å². The van der Waals surface area contributed by atoms with E-state index >= 15 is 0 Å². The molecule has 2 saturated carbocycles. The highest BCUT2D eigenvalue weighted by atomic mass is 16.5. The van der Waals surface area contributed by atoms with Gasteiger partial charge in [0.25, 0.3) is 0 Å². The third kappa shape index (κ3) is 2.16. The molecule has 0 aromatic carbocycles. The first-order valence-corrected chi connectivity index (χ1v) is 8.98. The monoisotopic (exact) mass is 304 g/mol. The third-order valence-corrected chi connectivity index (χ3v) is 6.85. The van der Waals surface area contributed by atoms with Crippen molar-refractivity contribution < 1.29 is 14.9 Å². The van der Waals surface area contributed by atoms with Crippen LogP contribution in [0.2, 0.25) is 0 Å². The zero-order valence-electron chi connectivity index (χ0n) is 13.6. The van der Waals surface area contributed by atoms with Crippen LogP contribution in [0, 0.1) is 23.2 Å². The van der Waals surface area contributed by atoms with Crippen LogP contribution in [0.3, 0.4) is 0 Å². The van der Waals surface area contributed by atoms with E-state index in [0.29, 0.717) is 17.8 Å². The Kier molecular flexibility index (Phi) is 3.61. The lowest BCUT2D eigenvalue weighted by Crippen LogP contribution is -2.46. The van der Waals surface area contributed by atoms with Gasteiger partial charge in [-0.15, -0.1) is 0 Å². The summed E-state index contributed by atoms with van der Waals surface area (Å²) in [6.07, 6.45) is 9.14. The van der Waals surface area contributed by atoms with Crippen molar-refractivity contribution in [2.45, 2.75) is 58.0 Å². The van der Waals surface area contributed by atoms with E-state index in [2.05, 4.69) is 13.0 Å². The van der Waals surface area contributed by atoms with Gasteiger partial charge in [0.15, 0.2) is 0 Å². The summed E-state index contributed by atoms with van der Waals surface area (Å²) in [6.45, 7) is 4.28. The van der Waals surface area contributed by atoms with Gasteiger partial charge in [-0.2, -0.15) is 0 Å². The van der Waals surface area contributed by atoms with Crippen molar-refractivity contribution in [3.63, 3.8) is 0 Å². The van der Waals surface area contributed by atoms with Crippen molar-refractivity contribution in [1.82, 2.24) is 0 Å². The van der Waals surface area contributed by atoms with E-state index in [1.807, 2.05) is 0 Å². The summed E-state index contributed by atoms with van der Waals surface area (Å²) in [5.74, 6) is 2.34. The molecule has 5 atom stereocenters. The van der Waals surface area contributed by atoms with Gasteiger partial charge in [0.2, 0.25) is 0 Å².